The average molecular weight is 580 g/mol. The van der Waals surface area contributed by atoms with Gasteiger partial charge >= 0.3 is 71.1 Å². The van der Waals surface area contributed by atoms with Crippen molar-refractivity contribution >= 4 is 50.4 Å². The zero-order valence-corrected chi connectivity index (χ0v) is 26.0. The number of benzene rings is 2. The predicted molar refractivity (Wildman–Crippen MR) is 130 cm³/mol. The number of aryl methyl sites for hydroxylation is 1. The Morgan fingerprint density at radius 3 is 2.49 bits per heavy atom. The fraction of sp³-hybridized carbons (Fsp3) is 0.217. The van der Waals surface area contributed by atoms with Gasteiger partial charge in [-0.2, -0.15) is 5.10 Å². The van der Waals surface area contributed by atoms with Gasteiger partial charge in [0.15, 0.2) is 10.8 Å². The summed E-state index contributed by atoms with van der Waals surface area (Å²) in [4.78, 5) is 27.8. The Hall–Kier alpha value is -1.17. The molecule has 35 heavy (non-hydrogen) atoms. The van der Waals surface area contributed by atoms with Gasteiger partial charge in [-0.25, -0.2) is 19.3 Å². The number of para-hydroxylation sites is 1. The molecule has 2 N–H and O–H groups in total. The Bertz CT molecular complexity index is 1400. The summed E-state index contributed by atoms with van der Waals surface area (Å²) < 4.78 is 3.78. The van der Waals surface area contributed by atoms with Crippen molar-refractivity contribution in [3.05, 3.63) is 74.9 Å². The minimum Gasteiger partial charge on any atom is -1.00 e. The number of carboxylic acids is 2. The number of nitrogens with zero attached hydrogens (tertiary/aromatic N) is 4. The third kappa shape index (κ3) is 6.22. The van der Waals surface area contributed by atoms with Gasteiger partial charge in [0.25, 0.3) is 0 Å². The molecule has 2 aromatic carbocycles. The fourth-order valence-electron chi connectivity index (χ4n) is 3.75. The molecule has 0 unspecified atom stereocenters. The molecule has 0 saturated carbocycles. The van der Waals surface area contributed by atoms with E-state index < -0.39 is 11.9 Å². The second-order valence-electron chi connectivity index (χ2n) is 7.54. The van der Waals surface area contributed by atoms with Crippen LogP contribution in [0.4, 0.5) is 0 Å². The third-order valence-corrected chi connectivity index (χ3v) is 6.37. The quantitative estimate of drug-likeness (QED) is 0.277. The monoisotopic (exact) mass is 578 g/mol. The van der Waals surface area contributed by atoms with Crippen LogP contribution in [-0.4, -0.2) is 41.5 Å². The molecule has 0 bridgehead atoms. The van der Waals surface area contributed by atoms with Gasteiger partial charge in [0.2, 0.25) is 0 Å². The molecule has 0 amide bonds. The van der Waals surface area contributed by atoms with Gasteiger partial charge in [0.05, 0.1) is 16.8 Å². The van der Waals surface area contributed by atoms with Crippen molar-refractivity contribution in [1.29, 1.82) is 0 Å². The Balaban J connectivity index is 0.00000324. The molecule has 8 nitrogen and oxygen atoms in total. The van der Waals surface area contributed by atoms with E-state index in [-0.39, 0.29) is 84.9 Å². The molecular formula is C23H22BrClN4Na2O4. The first-order chi connectivity index (χ1) is 15.8. The number of unbranched alkanes of at least 4 members (excludes halogenated alkanes) is 1. The van der Waals surface area contributed by atoms with Crippen LogP contribution < -0.4 is 59.1 Å². The summed E-state index contributed by atoms with van der Waals surface area (Å²) in [5.74, 6) is -1.55. The van der Waals surface area contributed by atoms with E-state index in [1.54, 1.807) is 27.4 Å². The Kier molecular flexibility index (Phi) is 11.1. The van der Waals surface area contributed by atoms with E-state index in [0.717, 1.165) is 23.8 Å². The van der Waals surface area contributed by atoms with Gasteiger partial charge in [0, 0.05) is 18.4 Å². The Morgan fingerprint density at radius 2 is 1.83 bits per heavy atom. The first-order valence-electron chi connectivity index (χ1n) is 10.3. The van der Waals surface area contributed by atoms with Crippen molar-refractivity contribution in [2.24, 2.45) is 0 Å². The van der Waals surface area contributed by atoms with Crippen LogP contribution in [0, 0.1) is 0 Å². The molecule has 0 aliphatic heterocycles. The second-order valence-corrected chi connectivity index (χ2v) is 8.65. The molecule has 0 aliphatic carbocycles. The van der Waals surface area contributed by atoms with Crippen LogP contribution in [-0.2, 0) is 13.0 Å². The van der Waals surface area contributed by atoms with Crippen molar-refractivity contribution in [2.75, 3.05) is 0 Å². The summed E-state index contributed by atoms with van der Waals surface area (Å²) in [6.07, 6.45) is 2.44. The number of hydrogen-bond donors (Lipinski definition) is 2. The molecule has 2 heterocycles. The first kappa shape index (κ1) is 30.1. The van der Waals surface area contributed by atoms with E-state index in [1.807, 2.05) is 18.2 Å². The normalized spacial score (nSPS) is 10.6. The topological polar surface area (TPSA) is 110 Å². The SMILES string of the molecule is CCCCc1nc(Cl)c(C(=O)O)n1Cc1ccc2nn(-c3ccccc3C(=O)O)c(Br)c2c1.[H-].[H-].[Na+].[Na+]. The standard InChI is InChI=1S/C23H20BrClN4O4.2Na.2H/c1-2-3-8-18-26-21(25)19(23(32)33)28(18)12-13-9-10-16-15(11-13)20(24)29(27-16)17-7-5-4-6-14(17)22(30)31;;;;/h4-7,9-11H,2-3,8,12H2,1H3,(H,30,31)(H,32,33);;;;/q;2*+1;2*-1. The molecule has 2 aromatic heterocycles. The largest absolute Gasteiger partial charge is 1.00 e. The van der Waals surface area contributed by atoms with Gasteiger partial charge in [-0.05, 0) is 52.2 Å². The summed E-state index contributed by atoms with van der Waals surface area (Å²) in [7, 11) is 0. The number of carboxylic acid groups (broad SMARTS) is 2. The summed E-state index contributed by atoms with van der Waals surface area (Å²) in [6.45, 7) is 2.33. The molecule has 4 aromatic rings. The van der Waals surface area contributed by atoms with Crippen molar-refractivity contribution in [2.45, 2.75) is 32.7 Å². The number of rotatable bonds is 8. The molecule has 4 rings (SSSR count). The molecule has 0 atom stereocenters. The van der Waals surface area contributed by atoms with Crippen LogP contribution in [0.1, 0.15) is 54.9 Å². The van der Waals surface area contributed by atoms with Gasteiger partial charge in [0.1, 0.15) is 10.4 Å². The number of aromatic nitrogens is 4. The predicted octanol–water partition coefficient (Wildman–Crippen LogP) is -0.342. The van der Waals surface area contributed by atoms with Crippen LogP contribution in [0.25, 0.3) is 16.6 Å². The van der Waals surface area contributed by atoms with Crippen LogP contribution in [0.3, 0.4) is 0 Å². The first-order valence-corrected chi connectivity index (χ1v) is 11.5. The van der Waals surface area contributed by atoms with Crippen molar-refractivity contribution in [1.82, 2.24) is 19.3 Å². The maximum atomic E-state index is 11.8. The summed E-state index contributed by atoms with van der Waals surface area (Å²) in [5.41, 5.74) is 2.03. The summed E-state index contributed by atoms with van der Waals surface area (Å²) in [5, 5.41) is 24.5. The molecule has 0 spiro atoms. The zero-order valence-electron chi connectivity index (χ0n) is 21.6. The van der Waals surface area contributed by atoms with E-state index in [4.69, 9.17) is 11.6 Å². The van der Waals surface area contributed by atoms with Crippen molar-refractivity contribution < 1.29 is 81.8 Å². The summed E-state index contributed by atoms with van der Waals surface area (Å²) in [6, 6.07) is 12.2. The van der Waals surface area contributed by atoms with Crippen LogP contribution in [0.15, 0.2) is 47.1 Å². The number of hydrogen-bond acceptors (Lipinski definition) is 4. The van der Waals surface area contributed by atoms with E-state index >= 15 is 0 Å². The minimum atomic E-state index is -1.13. The van der Waals surface area contributed by atoms with Gasteiger partial charge in [-0.1, -0.05) is 43.1 Å². The van der Waals surface area contributed by atoms with E-state index in [1.165, 1.54) is 6.07 Å². The van der Waals surface area contributed by atoms with Crippen molar-refractivity contribution in [3.8, 4) is 5.69 Å². The molecule has 0 radical (unpaired) electrons. The maximum absolute atomic E-state index is 11.8. The third-order valence-electron chi connectivity index (χ3n) is 5.34. The summed E-state index contributed by atoms with van der Waals surface area (Å²) >= 11 is 9.70. The van der Waals surface area contributed by atoms with Crippen LogP contribution >= 0.6 is 27.5 Å². The van der Waals surface area contributed by atoms with Crippen LogP contribution in [0.2, 0.25) is 5.15 Å². The molecule has 174 valence electrons. The number of fused-ring (bicyclic) bond motifs is 1. The molecule has 0 fully saturated rings. The van der Waals surface area contributed by atoms with E-state index in [2.05, 4.69) is 32.9 Å². The molecular weight excluding hydrogens is 558 g/mol. The minimum absolute atomic E-state index is 0. The van der Waals surface area contributed by atoms with Crippen LogP contribution in [0.5, 0.6) is 0 Å². The zero-order chi connectivity index (χ0) is 23.7. The van der Waals surface area contributed by atoms with Crippen molar-refractivity contribution in [3.63, 3.8) is 0 Å². The molecule has 0 saturated heterocycles. The Morgan fingerprint density at radius 1 is 1.11 bits per heavy atom. The number of halogens is 2. The van der Waals surface area contributed by atoms with E-state index in [9.17, 15) is 19.8 Å². The number of imidazole rings is 1. The number of carbonyl (C=O) groups is 2. The van der Waals surface area contributed by atoms with Gasteiger partial charge in [-0.3, -0.25) is 0 Å². The average Bonchev–Trinajstić information content (AvgIpc) is 3.28. The molecule has 12 heteroatoms. The Labute approximate surface area is 262 Å². The second kappa shape index (κ2) is 12.9. The maximum Gasteiger partial charge on any atom is 1.00 e. The van der Waals surface area contributed by atoms with E-state index in [0.29, 0.717) is 28.1 Å². The smallest absolute Gasteiger partial charge is 1.00 e. The van der Waals surface area contributed by atoms with Gasteiger partial charge < -0.3 is 17.6 Å². The fourth-order valence-corrected chi connectivity index (χ4v) is 4.62. The molecule has 0 aliphatic rings. The number of aromatic carboxylic acids is 2. The van der Waals surface area contributed by atoms with Gasteiger partial charge in [-0.15, -0.1) is 0 Å².